The summed E-state index contributed by atoms with van der Waals surface area (Å²) in [6.07, 6.45) is 5.28. The van der Waals surface area contributed by atoms with Crippen LogP contribution in [0.1, 0.15) is 12.5 Å². The predicted molar refractivity (Wildman–Crippen MR) is 75.4 cm³/mol. The maximum atomic E-state index is 12.3. The smallest absolute Gasteiger partial charge is 0.309 e. The van der Waals surface area contributed by atoms with E-state index in [0.717, 1.165) is 0 Å². The first-order chi connectivity index (χ1) is 9.45. The number of ether oxygens (including phenoxy) is 1. The molecule has 0 aliphatic carbocycles. The van der Waals surface area contributed by atoms with Gasteiger partial charge in [-0.25, -0.2) is 8.42 Å². The molecule has 0 heterocycles. The van der Waals surface area contributed by atoms with Crippen LogP contribution in [0.2, 0.25) is 0 Å². The summed E-state index contributed by atoms with van der Waals surface area (Å²) < 4.78 is 30.3. The minimum atomic E-state index is -3.59. The summed E-state index contributed by atoms with van der Waals surface area (Å²) in [6, 6.07) is 6.11. The Labute approximate surface area is 119 Å². The number of terminal acetylenes is 1. The van der Waals surface area contributed by atoms with E-state index in [1.807, 2.05) is 0 Å². The molecule has 0 N–H and O–H groups in total. The van der Waals surface area contributed by atoms with Crippen LogP contribution in [0.4, 0.5) is 0 Å². The van der Waals surface area contributed by atoms with Gasteiger partial charge in [-0.2, -0.15) is 4.31 Å². The van der Waals surface area contributed by atoms with Crippen molar-refractivity contribution < 1.29 is 17.9 Å². The summed E-state index contributed by atoms with van der Waals surface area (Å²) in [6.45, 7) is 2.06. The molecule has 1 aromatic carbocycles. The Hall–Kier alpha value is -1.84. The maximum absolute atomic E-state index is 12.3. The van der Waals surface area contributed by atoms with Gasteiger partial charge in [0.2, 0.25) is 10.0 Å². The quantitative estimate of drug-likeness (QED) is 0.581. The molecule has 0 atom stereocenters. The van der Waals surface area contributed by atoms with Crippen molar-refractivity contribution in [2.75, 3.05) is 20.2 Å². The summed E-state index contributed by atoms with van der Waals surface area (Å²) in [7, 11) is -2.28. The Kier molecular flexibility index (Phi) is 5.74. The van der Waals surface area contributed by atoms with E-state index in [4.69, 9.17) is 6.42 Å². The molecule has 0 radical (unpaired) electrons. The molecule has 0 saturated carbocycles. The Morgan fingerprint density at radius 1 is 1.35 bits per heavy atom. The predicted octanol–water partition coefficient (Wildman–Crippen LogP) is 1.05. The summed E-state index contributed by atoms with van der Waals surface area (Å²) in [5, 5.41) is 0. The van der Waals surface area contributed by atoms with Crippen molar-refractivity contribution in [1.29, 1.82) is 0 Å². The van der Waals surface area contributed by atoms with E-state index in [1.165, 1.54) is 23.5 Å². The van der Waals surface area contributed by atoms with Gasteiger partial charge in [0.15, 0.2) is 0 Å². The van der Waals surface area contributed by atoms with Crippen LogP contribution in [0.5, 0.6) is 0 Å². The van der Waals surface area contributed by atoms with Gasteiger partial charge < -0.3 is 4.74 Å². The minimum absolute atomic E-state index is 0.0305. The first-order valence-corrected chi connectivity index (χ1v) is 7.49. The van der Waals surface area contributed by atoms with Gasteiger partial charge in [-0.05, 0) is 17.7 Å². The van der Waals surface area contributed by atoms with Crippen molar-refractivity contribution in [3.63, 3.8) is 0 Å². The van der Waals surface area contributed by atoms with Crippen LogP contribution in [-0.2, 0) is 26.0 Å². The average Bonchev–Trinajstić information content (AvgIpc) is 2.44. The van der Waals surface area contributed by atoms with Gasteiger partial charge in [-0.15, -0.1) is 6.42 Å². The lowest BCUT2D eigenvalue weighted by Gasteiger charge is -2.17. The monoisotopic (exact) mass is 295 g/mol. The average molecular weight is 295 g/mol. The van der Waals surface area contributed by atoms with Gasteiger partial charge in [-0.1, -0.05) is 25.0 Å². The zero-order valence-electron chi connectivity index (χ0n) is 11.5. The molecule has 0 unspecified atom stereocenters. The second-order valence-corrected chi connectivity index (χ2v) is 5.97. The van der Waals surface area contributed by atoms with E-state index in [-0.39, 0.29) is 23.8 Å². The van der Waals surface area contributed by atoms with Gasteiger partial charge in [-0.3, -0.25) is 4.79 Å². The second-order valence-electron chi connectivity index (χ2n) is 4.03. The lowest BCUT2D eigenvalue weighted by Crippen LogP contribution is -2.31. The second kappa shape index (κ2) is 7.08. The van der Waals surface area contributed by atoms with E-state index in [0.29, 0.717) is 12.1 Å². The molecule has 0 aliphatic rings. The highest BCUT2D eigenvalue weighted by atomic mass is 32.2. The highest BCUT2D eigenvalue weighted by Gasteiger charge is 2.22. The van der Waals surface area contributed by atoms with Crippen LogP contribution < -0.4 is 0 Å². The molecule has 6 heteroatoms. The number of hydrogen-bond donors (Lipinski definition) is 0. The molecule has 1 aromatic rings. The maximum Gasteiger partial charge on any atom is 0.309 e. The van der Waals surface area contributed by atoms with Crippen molar-refractivity contribution in [1.82, 2.24) is 4.31 Å². The van der Waals surface area contributed by atoms with E-state index >= 15 is 0 Å². The Morgan fingerprint density at radius 3 is 2.40 bits per heavy atom. The standard InChI is InChI=1S/C14H17NO4S/c1-4-10-15(5-2)20(17,18)13-8-6-12(7-9-13)11-14(16)19-3/h1,6-9H,5,10-11H2,2-3H3. The van der Waals surface area contributed by atoms with E-state index in [2.05, 4.69) is 10.7 Å². The van der Waals surface area contributed by atoms with Gasteiger partial charge in [0.05, 0.1) is 25.0 Å². The van der Waals surface area contributed by atoms with Crippen LogP contribution in [0, 0.1) is 12.3 Å². The van der Waals surface area contributed by atoms with Gasteiger partial charge in [0.25, 0.3) is 0 Å². The molecule has 0 amide bonds. The van der Waals surface area contributed by atoms with E-state index in [9.17, 15) is 13.2 Å². The highest BCUT2D eigenvalue weighted by Crippen LogP contribution is 2.16. The minimum Gasteiger partial charge on any atom is -0.469 e. The zero-order chi connectivity index (χ0) is 15.2. The molecule has 0 aliphatic heterocycles. The fraction of sp³-hybridized carbons (Fsp3) is 0.357. The molecule has 108 valence electrons. The third-order valence-corrected chi connectivity index (χ3v) is 4.69. The molecule has 0 bridgehead atoms. The number of rotatable bonds is 6. The number of carbonyl (C=O) groups excluding carboxylic acids is 1. The first kappa shape index (κ1) is 16.2. The number of hydrogen-bond acceptors (Lipinski definition) is 4. The van der Waals surface area contributed by atoms with E-state index in [1.54, 1.807) is 19.1 Å². The van der Waals surface area contributed by atoms with Crippen molar-refractivity contribution in [3.8, 4) is 12.3 Å². The number of sulfonamides is 1. The molecule has 20 heavy (non-hydrogen) atoms. The topological polar surface area (TPSA) is 63.7 Å². The molecule has 0 aromatic heterocycles. The van der Waals surface area contributed by atoms with Crippen LogP contribution in [0.15, 0.2) is 29.2 Å². The third kappa shape index (κ3) is 3.83. The molecule has 0 fully saturated rings. The Balaban J connectivity index is 2.98. The van der Waals surface area contributed by atoms with Crippen LogP contribution in [-0.4, -0.2) is 38.9 Å². The largest absolute Gasteiger partial charge is 0.469 e. The van der Waals surface area contributed by atoms with Crippen LogP contribution in [0.3, 0.4) is 0 Å². The molecule has 0 spiro atoms. The fourth-order valence-corrected chi connectivity index (χ4v) is 3.00. The number of carbonyl (C=O) groups is 1. The lowest BCUT2D eigenvalue weighted by atomic mass is 10.2. The Morgan fingerprint density at radius 2 is 1.95 bits per heavy atom. The summed E-state index contributed by atoms with van der Waals surface area (Å²) >= 11 is 0. The van der Waals surface area contributed by atoms with Crippen molar-refractivity contribution in [3.05, 3.63) is 29.8 Å². The van der Waals surface area contributed by atoms with Crippen LogP contribution >= 0.6 is 0 Å². The first-order valence-electron chi connectivity index (χ1n) is 6.05. The van der Waals surface area contributed by atoms with Crippen molar-refractivity contribution in [2.24, 2.45) is 0 Å². The van der Waals surface area contributed by atoms with Gasteiger partial charge in [0, 0.05) is 6.54 Å². The number of esters is 1. The molecular formula is C14H17NO4S. The Bertz CT molecular complexity index is 599. The SMILES string of the molecule is C#CCN(CC)S(=O)(=O)c1ccc(CC(=O)OC)cc1. The molecule has 1 rings (SSSR count). The lowest BCUT2D eigenvalue weighted by molar-refractivity contribution is -0.139. The molecular weight excluding hydrogens is 278 g/mol. The third-order valence-electron chi connectivity index (χ3n) is 2.76. The zero-order valence-corrected chi connectivity index (χ0v) is 12.3. The van der Waals surface area contributed by atoms with Gasteiger partial charge in [0.1, 0.15) is 0 Å². The van der Waals surface area contributed by atoms with Crippen molar-refractivity contribution >= 4 is 16.0 Å². The molecule has 0 saturated heterocycles. The van der Waals surface area contributed by atoms with E-state index < -0.39 is 10.0 Å². The number of methoxy groups -OCH3 is 1. The fourth-order valence-electron chi connectivity index (χ4n) is 1.64. The summed E-state index contributed by atoms with van der Waals surface area (Å²) in [4.78, 5) is 11.3. The summed E-state index contributed by atoms with van der Waals surface area (Å²) in [5.74, 6) is 1.95. The normalized spacial score (nSPS) is 11.1. The number of nitrogens with zero attached hydrogens (tertiary/aromatic N) is 1. The van der Waals surface area contributed by atoms with Gasteiger partial charge >= 0.3 is 5.97 Å². The van der Waals surface area contributed by atoms with Crippen LogP contribution in [0.25, 0.3) is 0 Å². The number of benzene rings is 1. The molecule has 5 nitrogen and oxygen atoms in total. The summed E-state index contributed by atoms with van der Waals surface area (Å²) in [5.41, 5.74) is 0.691. The highest BCUT2D eigenvalue weighted by molar-refractivity contribution is 7.89. The van der Waals surface area contributed by atoms with Crippen molar-refractivity contribution in [2.45, 2.75) is 18.2 Å².